The van der Waals surface area contributed by atoms with Crippen LogP contribution in [0.2, 0.25) is 0 Å². The molecule has 128 valence electrons. The summed E-state index contributed by atoms with van der Waals surface area (Å²) in [5.74, 6) is -1.37. The molecule has 0 N–H and O–H groups in total. The lowest BCUT2D eigenvalue weighted by atomic mass is 9.83. The lowest BCUT2D eigenvalue weighted by Gasteiger charge is -2.30. The average molecular weight is 330 g/mol. The van der Waals surface area contributed by atoms with E-state index in [1.165, 1.54) is 0 Å². The molecule has 1 saturated heterocycles. The van der Waals surface area contributed by atoms with Gasteiger partial charge in [-0.3, -0.25) is 0 Å². The summed E-state index contributed by atoms with van der Waals surface area (Å²) in [6, 6.07) is 0. The summed E-state index contributed by atoms with van der Waals surface area (Å²) in [6.07, 6.45) is 2.96. The molecule has 5 nitrogen and oxygen atoms in total. The molecular weight excluding hydrogens is 308 g/mol. The molecule has 5 atom stereocenters. The molecule has 5 heteroatoms. The number of hydrogen-bond donors (Lipinski definition) is 0. The van der Waals surface area contributed by atoms with Crippen LogP contribution in [0.5, 0.6) is 0 Å². The van der Waals surface area contributed by atoms with E-state index in [0.717, 1.165) is 11.1 Å². The van der Waals surface area contributed by atoms with Crippen LogP contribution in [0.1, 0.15) is 27.2 Å². The van der Waals surface area contributed by atoms with E-state index in [4.69, 9.17) is 14.2 Å². The fraction of sp³-hybridized carbons (Fsp3) is 0.474. The van der Waals surface area contributed by atoms with Gasteiger partial charge in [-0.2, -0.15) is 0 Å². The second-order valence-electron chi connectivity index (χ2n) is 6.79. The van der Waals surface area contributed by atoms with Crippen LogP contribution in [-0.4, -0.2) is 36.4 Å². The predicted octanol–water partition coefficient (Wildman–Crippen LogP) is 2.64. The minimum atomic E-state index is -0.537. The number of carbonyl (C=O) groups is 2. The predicted molar refractivity (Wildman–Crippen MR) is 88.0 cm³/mol. The summed E-state index contributed by atoms with van der Waals surface area (Å²) in [5, 5.41) is 0. The summed E-state index contributed by atoms with van der Waals surface area (Å²) in [7, 11) is 0. The topological polar surface area (TPSA) is 61.8 Å². The quantitative estimate of drug-likeness (QED) is 0.442. The van der Waals surface area contributed by atoms with Crippen molar-refractivity contribution < 1.29 is 23.8 Å². The van der Waals surface area contributed by atoms with Crippen molar-refractivity contribution in [3.8, 4) is 0 Å². The van der Waals surface area contributed by atoms with E-state index in [1.807, 2.05) is 26.0 Å². The summed E-state index contributed by atoms with van der Waals surface area (Å²) in [5.41, 5.74) is 2.68. The van der Waals surface area contributed by atoms with Gasteiger partial charge in [0.2, 0.25) is 0 Å². The van der Waals surface area contributed by atoms with E-state index in [1.54, 1.807) is 6.92 Å². The van der Waals surface area contributed by atoms with Crippen molar-refractivity contribution in [2.45, 2.75) is 51.6 Å². The lowest BCUT2D eigenvalue weighted by Crippen LogP contribution is -2.40. The van der Waals surface area contributed by atoms with E-state index in [2.05, 4.69) is 13.2 Å². The zero-order valence-electron chi connectivity index (χ0n) is 14.2. The van der Waals surface area contributed by atoms with Gasteiger partial charge in [0.25, 0.3) is 0 Å². The van der Waals surface area contributed by atoms with Crippen molar-refractivity contribution in [1.29, 1.82) is 0 Å². The molecule has 4 unspecified atom stereocenters. The molecule has 0 saturated carbocycles. The van der Waals surface area contributed by atoms with Crippen molar-refractivity contribution in [1.82, 2.24) is 0 Å². The Morgan fingerprint density at radius 3 is 2.71 bits per heavy atom. The Bertz CT molecular complexity index is 684. The average Bonchev–Trinajstić information content (AvgIpc) is 2.99. The monoisotopic (exact) mass is 330 g/mol. The Hall–Kier alpha value is -2.14. The van der Waals surface area contributed by atoms with Crippen LogP contribution in [0.25, 0.3) is 0 Å². The van der Waals surface area contributed by atoms with Gasteiger partial charge in [-0.25, -0.2) is 9.59 Å². The molecule has 1 fully saturated rings. The maximum Gasteiger partial charge on any atom is 0.334 e. The maximum absolute atomic E-state index is 12.1. The van der Waals surface area contributed by atoms with E-state index in [-0.39, 0.29) is 12.2 Å². The first-order valence-corrected chi connectivity index (χ1v) is 8.05. The van der Waals surface area contributed by atoms with Gasteiger partial charge < -0.3 is 14.2 Å². The highest BCUT2D eigenvalue weighted by Crippen LogP contribution is 2.41. The molecule has 3 aliphatic heterocycles. The molecule has 3 aliphatic rings. The molecular formula is C19H22O5. The molecule has 2 bridgehead atoms. The third-order valence-electron chi connectivity index (χ3n) is 4.72. The fourth-order valence-electron chi connectivity index (χ4n) is 3.53. The van der Waals surface area contributed by atoms with Crippen molar-refractivity contribution in [2.24, 2.45) is 5.92 Å². The maximum atomic E-state index is 12.1. The first-order chi connectivity index (χ1) is 11.3. The van der Waals surface area contributed by atoms with Gasteiger partial charge in [0, 0.05) is 17.6 Å². The van der Waals surface area contributed by atoms with Gasteiger partial charge in [0.15, 0.2) is 0 Å². The van der Waals surface area contributed by atoms with Gasteiger partial charge in [-0.05, 0) is 26.3 Å². The number of fused-ring (bicyclic) bond motifs is 4. The standard InChI is InChI=1S/C19H22O5/c1-9(2)18(20)23-14-7-10(3)6-13-8-11(4)16(22-13)17-15(14)12(5)19(21)24-17/h6,8,13-17H,1,5,7H2,2-4H3/b10-6-/t13?,14?,15?,16?,17-/m0/s1. The SMILES string of the molecule is C=C(C)C(=O)OC1C/C(C)=C\C2C=C(C)C(O2)[C@H]2OC(=O)C(=C)C12. The van der Waals surface area contributed by atoms with Crippen molar-refractivity contribution >= 4 is 11.9 Å². The number of carbonyl (C=O) groups excluding carboxylic acids is 2. The highest BCUT2D eigenvalue weighted by Gasteiger charge is 2.51. The largest absolute Gasteiger partial charge is 0.458 e. The molecule has 0 spiro atoms. The molecule has 0 aromatic rings. The minimum absolute atomic E-state index is 0.154. The van der Waals surface area contributed by atoms with Gasteiger partial charge in [-0.15, -0.1) is 0 Å². The Kier molecular flexibility index (Phi) is 4.22. The number of rotatable bonds is 2. The van der Waals surface area contributed by atoms with Crippen LogP contribution < -0.4 is 0 Å². The summed E-state index contributed by atoms with van der Waals surface area (Å²) < 4.78 is 17.2. The molecule has 24 heavy (non-hydrogen) atoms. The van der Waals surface area contributed by atoms with Gasteiger partial charge in [0.1, 0.15) is 18.3 Å². The second kappa shape index (κ2) is 6.06. The van der Waals surface area contributed by atoms with Crippen molar-refractivity contribution in [3.63, 3.8) is 0 Å². The summed E-state index contributed by atoms with van der Waals surface area (Å²) in [4.78, 5) is 24.2. The molecule has 0 aliphatic carbocycles. The third-order valence-corrected chi connectivity index (χ3v) is 4.72. The molecule has 3 rings (SSSR count). The molecule has 3 heterocycles. The Morgan fingerprint density at radius 1 is 1.33 bits per heavy atom. The van der Waals surface area contributed by atoms with E-state index in [0.29, 0.717) is 17.6 Å². The zero-order valence-corrected chi connectivity index (χ0v) is 14.2. The van der Waals surface area contributed by atoms with E-state index < -0.39 is 30.1 Å². The van der Waals surface area contributed by atoms with E-state index >= 15 is 0 Å². The van der Waals surface area contributed by atoms with E-state index in [9.17, 15) is 9.59 Å². The van der Waals surface area contributed by atoms with Crippen LogP contribution in [0, 0.1) is 5.92 Å². The van der Waals surface area contributed by atoms with Gasteiger partial charge in [-0.1, -0.05) is 30.9 Å². The Balaban J connectivity index is 2.00. The fourth-order valence-corrected chi connectivity index (χ4v) is 3.53. The highest BCUT2D eigenvalue weighted by atomic mass is 16.6. The van der Waals surface area contributed by atoms with Crippen LogP contribution in [0.3, 0.4) is 0 Å². The van der Waals surface area contributed by atoms with Gasteiger partial charge >= 0.3 is 11.9 Å². The van der Waals surface area contributed by atoms with Crippen LogP contribution in [0.4, 0.5) is 0 Å². The molecule has 0 radical (unpaired) electrons. The van der Waals surface area contributed by atoms with Crippen molar-refractivity contribution in [2.75, 3.05) is 0 Å². The molecule has 0 aromatic heterocycles. The number of ether oxygens (including phenoxy) is 3. The Labute approximate surface area is 141 Å². The first kappa shape index (κ1) is 16.7. The normalized spacial score (nSPS) is 37.2. The zero-order chi connectivity index (χ0) is 17.6. The summed E-state index contributed by atoms with van der Waals surface area (Å²) >= 11 is 0. The lowest BCUT2D eigenvalue weighted by molar-refractivity contribution is -0.151. The third kappa shape index (κ3) is 2.84. The Morgan fingerprint density at radius 2 is 2.04 bits per heavy atom. The number of esters is 2. The first-order valence-electron chi connectivity index (χ1n) is 8.05. The minimum Gasteiger partial charge on any atom is -0.458 e. The second-order valence-corrected chi connectivity index (χ2v) is 6.79. The van der Waals surface area contributed by atoms with Crippen LogP contribution >= 0.6 is 0 Å². The van der Waals surface area contributed by atoms with Crippen molar-refractivity contribution in [3.05, 3.63) is 47.6 Å². The number of hydrogen-bond acceptors (Lipinski definition) is 5. The highest BCUT2D eigenvalue weighted by molar-refractivity contribution is 5.91. The van der Waals surface area contributed by atoms with Gasteiger partial charge in [0.05, 0.1) is 12.0 Å². The molecule has 0 aromatic carbocycles. The summed E-state index contributed by atoms with van der Waals surface area (Å²) in [6.45, 7) is 13.0. The smallest absolute Gasteiger partial charge is 0.334 e. The molecule has 0 amide bonds. The van der Waals surface area contributed by atoms with Crippen LogP contribution in [-0.2, 0) is 23.8 Å². The van der Waals surface area contributed by atoms with Crippen LogP contribution in [0.15, 0.2) is 47.6 Å².